The Morgan fingerprint density at radius 3 is 1.89 bits per heavy atom. The van der Waals surface area contributed by atoms with Gasteiger partial charge in [0.15, 0.2) is 17.5 Å². The van der Waals surface area contributed by atoms with Gasteiger partial charge in [0.05, 0.1) is 17.9 Å². The third kappa shape index (κ3) is 4.02. The lowest BCUT2D eigenvalue weighted by atomic mass is 10.1. The molecule has 4 nitrogen and oxygen atoms in total. The first-order valence-corrected chi connectivity index (χ1v) is 15.0. The van der Waals surface area contributed by atoms with Gasteiger partial charge in [-0.2, -0.15) is 0 Å². The van der Waals surface area contributed by atoms with Crippen LogP contribution in [0.3, 0.4) is 0 Å². The summed E-state index contributed by atoms with van der Waals surface area (Å²) in [6.07, 6.45) is 0. The number of hydrogen-bond acceptors (Lipinski definition) is 4. The van der Waals surface area contributed by atoms with Gasteiger partial charge in [-0.1, -0.05) is 96.9 Å². The van der Waals surface area contributed by atoms with Crippen molar-refractivity contribution in [1.82, 2.24) is 19.5 Å². The van der Waals surface area contributed by atoms with Crippen LogP contribution in [-0.4, -0.2) is 19.5 Å². The summed E-state index contributed by atoms with van der Waals surface area (Å²) in [5.74, 6) is 0.682. The highest BCUT2D eigenvalue weighted by Gasteiger charge is 2.16. The van der Waals surface area contributed by atoms with Gasteiger partial charge < -0.3 is 4.57 Å². The minimum absolute atomic E-state index is 0.0133. The number of thiophene rings is 1. The Kier molecular flexibility index (Phi) is 4.60. The number of benzene rings is 6. The van der Waals surface area contributed by atoms with Crippen molar-refractivity contribution in [2.75, 3.05) is 0 Å². The van der Waals surface area contributed by atoms with Crippen molar-refractivity contribution in [2.45, 2.75) is 0 Å². The minimum atomic E-state index is -0.468. The summed E-state index contributed by atoms with van der Waals surface area (Å²) in [7, 11) is 0. The highest BCUT2D eigenvalue weighted by atomic mass is 32.1. The van der Waals surface area contributed by atoms with Crippen LogP contribution < -0.4 is 0 Å². The lowest BCUT2D eigenvalue weighted by Crippen LogP contribution is -2.00. The fourth-order valence-corrected chi connectivity index (χ4v) is 7.05. The molecule has 9 rings (SSSR count). The van der Waals surface area contributed by atoms with E-state index in [1.165, 1.54) is 30.9 Å². The van der Waals surface area contributed by atoms with Crippen LogP contribution in [0.1, 0.15) is 6.85 Å². The van der Waals surface area contributed by atoms with Gasteiger partial charge in [0.1, 0.15) is 0 Å². The summed E-state index contributed by atoms with van der Waals surface area (Å²) in [6, 6.07) is 36.8. The first-order valence-electron chi connectivity index (χ1n) is 16.7. The van der Waals surface area contributed by atoms with Crippen molar-refractivity contribution in [3.8, 4) is 39.9 Å². The summed E-state index contributed by atoms with van der Waals surface area (Å²) in [5, 5.41) is 4.84. The standard InChI is InChI=1S/C39H24N4S/c1-3-11-25(12-4-1)37-40-38(26-13-5-2-6-14-26)42-39(41-37)27-19-21-28(22-20-27)43-33-17-9-7-15-29(33)31-24-36-32(23-34(31)43)30-16-8-10-18-35(30)44-36/h1-24H/i1D,3D,4D,11D,12D. The Labute approximate surface area is 264 Å². The molecule has 206 valence electrons. The molecule has 0 aliphatic rings. The van der Waals surface area contributed by atoms with Crippen LogP contribution in [0.2, 0.25) is 0 Å². The van der Waals surface area contributed by atoms with Gasteiger partial charge in [-0.05, 0) is 48.5 Å². The van der Waals surface area contributed by atoms with E-state index in [4.69, 9.17) is 11.8 Å². The molecule has 0 aliphatic heterocycles. The van der Waals surface area contributed by atoms with E-state index in [2.05, 4.69) is 75.2 Å². The molecule has 0 unspecified atom stereocenters. The molecule has 0 spiro atoms. The van der Waals surface area contributed by atoms with Crippen LogP contribution in [0.25, 0.3) is 81.8 Å². The molecule has 3 aromatic heterocycles. The summed E-state index contributed by atoms with van der Waals surface area (Å²) in [5.41, 5.74) is 4.53. The van der Waals surface area contributed by atoms with Crippen LogP contribution >= 0.6 is 11.3 Å². The van der Waals surface area contributed by atoms with Crippen molar-refractivity contribution in [3.63, 3.8) is 0 Å². The molecular formula is C39H24N4S. The third-order valence-corrected chi connectivity index (χ3v) is 9.08. The molecule has 0 aliphatic carbocycles. The average Bonchev–Trinajstić information content (AvgIpc) is 3.67. The van der Waals surface area contributed by atoms with Gasteiger partial charge in [0, 0.05) is 53.3 Å². The SMILES string of the molecule is [2H]c1c([2H])c([2H])c(-c2nc(-c3ccccc3)nc(-c3ccc(-n4c5ccccc5c5cc6sc7ccccc7c6cc54)cc3)n2)c([2H])c1[2H]. The van der Waals surface area contributed by atoms with Gasteiger partial charge in [0.25, 0.3) is 0 Å². The molecule has 0 amide bonds. The Balaban J connectivity index is 1.23. The molecule has 5 heteroatoms. The molecule has 0 bridgehead atoms. The van der Waals surface area contributed by atoms with Crippen molar-refractivity contribution >= 4 is 53.3 Å². The van der Waals surface area contributed by atoms with Crippen molar-refractivity contribution in [1.29, 1.82) is 0 Å². The lowest BCUT2D eigenvalue weighted by molar-refractivity contribution is 1.07. The normalized spacial score (nSPS) is 13.2. The summed E-state index contributed by atoms with van der Waals surface area (Å²) in [4.78, 5) is 14.1. The fraction of sp³-hybridized carbons (Fsp3) is 0. The Morgan fingerprint density at radius 2 is 1.11 bits per heavy atom. The van der Waals surface area contributed by atoms with E-state index in [0.29, 0.717) is 22.8 Å². The summed E-state index contributed by atoms with van der Waals surface area (Å²) < 4.78 is 46.4. The zero-order chi connectivity index (χ0) is 33.4. The van der Waals surface area contributed by atoms with Crippen LogP contribution in [0.15, 0.2) is 145 Å². The topological polar surface area (TPSA) is 43.6 Å². The van der Waals surface area contributed by atoms with Crippen molar-refractivity contribution in [2.24, 2.45) is 0 Å². The largest absolute Gasteiger partial charge is 0.309 e. The predicted octanol–water partition coefficient (Wildman–Crippen LogP) is 10.3. The number of nitrogens with zero attached hydrogens (tertiary/aromatic N) is 4. The summed E-state index contributed by atoms with van der Waals surface area (Å²) >= 11 is 1.81. The second-order valence-electron chi connectivity index (χ2n) is 10.5. The molecule has 0 atom stereocenters. The van der Waals surface area contributed by atoms with Gasteiger partial charge in [-0.25, -0.2) is 15.0 Å². The molecule has 0 saturated carbocycles. The molecular weight excluding hydrogens is 557 g/mol. The Morgan fingerprint density at radius 1 is 0.477 bits per heavy atom. The maximum atomic E-state index is 8.57. The van der Waals surface area contributed by atoms with Gasteiger partial charge in [0.2, 0.25) is 0 Å². The monoisotopic (exact) mass is 585 g/mol. The fourth-order valence-electron chi connectivity index (χ4n) is 5.92. The first kappa shape index (κ1) is 20.3. The average molecular weight is 586 g/mol. The molecule has 3 heterocycles. The number of aromatic nitrogens is 4. The second-order valence-corrected chi connectivity index (χ2v) is 11.6. The van der Waals surface area contributed by atoms with Crippen LogP contribution in [0.4, 0.5) is 0 Å². The Bertz CT molecular complexity index is 2750. The molecule has 44 heavy (non-hydrogen) atoms. The van der Waals surface area contributed by atoms with Crippen LogP contribution in [0, 0.1) is 0 Å². The zero-order valence-electron chi connectivity index (χ0n) is 28.2. The van der Waals surface area contributed by atoms with E-state index in [0.717, 1.165) is 16.7 Å². The van der Waals surface area contributed by atoms with E-state index >= 15 is 0 Å². The number of fused-ring (bicyclic) bond motifs is 6. The Hall–Kier alpha value is -5.65. The van der Waals surface area contributed by atoms with Gasteiger partial charge in [-0.3, -0.25) is 0 Å². The smallest absolute Gasteiger partial charge is 0.164 e. The maximum Gasteiger partial charge on any atom is 0.164 e. The first-order chi connectivity index (χ1) is 23.9. The summed E-state index contributed by atoms with van der Waals surface area (Å²) in [6.45, 7) is 0. The van der Waals surface area contributed by atoms with Crippen molar-refractivity contribution < 1.29 is 6.85 Å². The molecule has 0 N–H and O–H groups in total. The molecule has 0 fully saturated rings. The van der Waals surface area contributed by atoms with E-state index in [1.807, 2.05) is 65.9 Å². The molecule has 0 radical (unpaired) electrons. The van der Waals surface area contributed by atoms with Crippen LogP contribution in [-0.2, 0) is 0 Å². The van der Waals surface area contributed by atoms with Gasteiger partial charge in [-0.15, -0.1) is 11.3 Å². The highest BCUT2D eigenvalue weighted by Crippen LogP contribution is 2.40. The van der Waals surface area contributed by atoms with Crippen LogP contribution in [0.5, 0.6) is 0 Å². The third-order valence-electron chi connectivity index (χ3n) is 7.95. The highest BCUT2D eigenvalue weighted by molar-refractivity contribution is 7.25. The van der Waals surface area contributed by atoms with E-state index in [1.54, 1.807) is 0 Å². The number of rotatable bonds is 4. The van der Waals surface area contributed by atoms with E-state index < -0.39 is 18.1 Å². The number of hydrogen-bond donors (Lipinski definition) is 0. The lowest BCUT2D eigenvalue weighted by Gasteiger charge is -2.11. The zero-order valence-corrected chi connectivity index (χ0v) is 24.0. The van der Waals surface area contributed by atoms with Crippen molar-refractivity contribution in [3.05, 3.63) is 145 Å². The molecule has 6 aromatic carbocycles. The van der Waals surface area contributed by atoms with E-state index in [9.17, 15) is 0 Å². The predicted molar refractivity (Wildman–Crippen MR) is 183 cm³/mol. The molecule has 9 aromatic rings. The van der Waals surface area contributed by atoms with Gasteiger partial charge >= 0.3 is 0 Å². The number of para-hydroxylation sites is 1. The second kappa shape index (κ2) is 9.97. The minimum Gasteiger partial charge on any atom is -0.309 e. The van der Waals surface area contributed by atoms with E-state index in [-0.39, 0.29) is 23.5 Å². The maximum absolute atomic E-state index is 8.57. The molecule has 0 saturated heterocycles. The quantitative estimate of drug-likeness (QED) is 0.206.